The van der Waals surface area contributed by atoms with Gasteiger partial charge in [0, 0.05) is 19.2 Å². The van der Waals surface area contributed by atoms with Crippen LogP contribution in [0.4, 0.5) is 5.82 Å². The molecule has 1 rings (SSSR count). The molecule has 13 heavy (non-hydrogen) atoms. The number of nitrogens with zero attached hydrogens (tertiary/aromatic N) is 2. The topological polar surface area (TPSA) is 37.8 Å². The third-order valence-corrected chi connectivity index (χ3v) is 1.74. The molecule has 0 spiro atoms. The van der Waals surface area contributed by atoms with Crippen molar-refractivity contribution in [1.82, 2.24) is 9.97 Å². The fourth-order valence-electron chi connectivity index (χ4n) is 1.09. The zero-order valence-electron chi connectivity index (χ0n) is 8.38. The number of hydrogen-bond acceptors (Lipinski definition) is 3. The van der Waals surface area contributed by atoms with Crippen LogP contribution in [0.2, 0.25) is 0 Å². The highest BCUT2D eigenvalue weighted by Crippen LogP contribution is 2.03. The second kappa shape index (κ2) is 5.51. The second-order valence-corrected chi connectivity index (χ2v) is 3.03. The van der Waals surface area contributed by atoms with Crippen molar-refractivity contribution in [2.45, 2.75) is 33.1 Å². The average Bonchev–Trinajstić information content (AvgIpc) is 2.16. The lowest BCUT2D eigenvalue weighted by molar-refractivity contribution is 0.832. The van der Waals surface area contributed by atoms with Crippen molar-refractivity contribution >= 4 is 5.82 Å². The van der Waals surface area contributed by atoms with Gasteiger partial charge in [-0.2, -0.15) is 0 Å². The molecule has 0 atom stereocenters. The molecule has 0 unspecified atom stereocenters. The monoisotopic (exact) mass is 179 g/mol. The van der Waals surface area contributed by atoms with E-state index in [1.807, 2.05) is 12.3 Å². The maximum Gasteiger partial charge on any atom is 0.130 e. The lowest BCUT2D eigenvalue weighted by Gasteiger charge is -2.04. The van der Waals surface area contributed by atoms with E-state index in [0.29, 0.717) is 0 Å². The van der Waals surface area contributed by atoms with Crippen molar-refractivity contribution in [3.05, 3.63) is 18.1 Å². The summed E-state index contributed by atoms with van der Waals surface area (Å²) in [6, 6.07) is 1.91. The van der Waals surface area contributed by atoms with Crippen LogP contribution in [0.15, 0.2) is 12.3 Å². The normalized spacial score (nSPS) is 10.0. The Bertz CT molecular complexity index is 248. The van der Waals surface area contributed by atoms with Crippen LogP contribution in [0.5, 0.6) is 0 Å². The Hall–Kier alpha value is -1.12. The first-order valence-electron chi connectivity index (χ1n) is 4.92. The van der Waals surface area contributed by atoms with Gasteiger partial charge < -0.3 is 5.32 Å². The predicted molar refractivity (Wildman–Crippen MR) is 54.8 cm³/mol. The van der Waals surface area contributed by atoms with E-state index in [2.05, 4.69) is 29.1 Å². The minimum atomic E-state index is 0.934. The Morgan fingerprint density at radius 3 is 2.85 bits per heavy atom. The van der Waals surface area contributed by atoms with Crippen LogP contribution in [0.3, 0.4) is 0 Å². The number of rotatable bonds is 5. The molecule has 0 aliphatic heterocycles. The van der Waals surface area contributed by atoms with Crippen molar-refractivity contribution in [3.8, 4) is 0 Å². The van der Waals surface area contributed by atoms with Crippen LogP contribution in [0.1, 0.15) is 32.5 Å². The zero-order chi connectivity index (χ0) is 9.52. The fourth-order valence-corrected chi connectivity index (χ4v) is 1.09. The first kappa shape index (κ1) is 9.96. The van der Waals surface area contributed by atoms with E-state index in [1.165, 1.54) is 0 Å². The van der Waals surface area contributed by atoms with Gasteiger partial charge in [-0.05, 0) is 18.9 Å². The zero-order valence-corrected chi connectivity index (χ0v) is 8.38. The van der Waals surface area contributed by atoms with Gasteiger partial charge in [-0.25, -0.2) is 9.97 Å². The van der Waals surface area contributed by atoms with Crippen LogP contribution >= 0.6 is 0 Å². The van der Waals surface area contributed by atoms with Gasteiger partial charge in [-0.3, -0.25) is 0 Å². The van der Waals surface area contributed by atoms with Gasteiger partial charge in [0.1, 0.15) is 11.6 Å². The standard InChI is InChI=1S/C10H17N3/c1-3-5-9-12-8-6-10(13-9)11-7-4-2/h6,8H,3-5,7H2,1-2H3,(H,11,12,13). The van der Waals surface area contributed by atoms with Crippen LogP contribution in [-0.2, 0) is 6.42 Å². The largest absolute Gasteiger partial charge is 0.370 e. The van der Waals surface area contributed by atoms with Gasteiger partial charge in [-0.15, -0.1) is 0 Å². The van der Waals surface area contributed by atoms with Crippen LogP contribution < -0.4 is 5.32 Å². The van der Waals surface area contributed by atoms with E-state index >= 15 is 0 Å². The summed E-state index contributed by atoms with van der Waals surface area (Å²) >= 11 is 0. The Balaban J connectivity index is 2.56. The SMILES string of the molecule is CCCNc1ccnc(CCC)n1. The summed E-state index contributed by atoms with van der Waals surface area (Å²) in [6.07, 6.45) is 4.99. The molecular weight excluding hydrogens is 162 g/mol. The summed E-state index contributed by atoms with van der Waals surface area (Å²) < 4.78 is 0. The van der Waals surface area contributed by atoms with Crippen molar-refractivity contribution in [1.29, 1.82) is 0 Å². The van der Waals surface area contributed by atoms with Gasteiger partial charge in [-0.1, -0.05) is 13.8 Å². The van der Waals surface area contributed by atoms with Gasteiger partial charge in [0.2, 0.25) is 0 Å². The minimum Gasteiger partial charge on any atom is -0.370 e. The van der Waals surface area contributed by atoms with E-state index in [1.54, 1.807) is 0 Å². The molecule has 0 saturated heterocycles. The number of aromatic nitrogens is 2. The maximum absolute atomic E-state index is 4.38. The lowest BCUT2D eigenvalue weighted by Crippen LogP contribution is -2.04. The maximum atomic E-state index is 4.38. The molecule has 72 valence electrons. The Kier molecular flexibility index (Phi) is 4.23. The van der Waals surface area contributed by atoms with Gasteiger partial charge >= 0.3 is 0 Å². The molecule has 1 N–H and O–H groups in total. The van der Waals surface area contributed by atoms with Crippen LogP contribution in [0, 0.1) is 0 Å². The Morgan fingerprint density at radius 1 is 1.31 bits per heavy atom. The molecule has 1 heterocycles. The van der Waals surface area contributed by atoms with E-state index in [-0.39, 0.29) is 0 Å². The third-order valence-electron chi connectivity index (χ3n) is 1.74. The number of aryl methyl sites for hydroxylation is 1. The molecular formula is C10H17N3. The molecule has 0 bridgehead atoms. The highest BCUT2D eigenvalue weighted by molar-refractivity contribution is 5.32. The molecule has 0 fully saturated rings. The second-order valence-electron chi connectivity index (χ2n) is 3.03. The summed E-state index contributed by atoms with van der Waals surface area (Å²) in [5.41, 5.74) is 0. The average molecular weight is 179 g/mol. The van der Waals surface area contributed by atoms with Gasteiger partial charge in [0.25, 0.3) is 0 Å². The quantitative estimate of drug-likeness (QED) is 0.753. The van der Waals surface area contributed by atoms with Crippen molar-refractivity contribution in [2.24, 2.45) is 0 Å². The highest BCUT2D eigenvalue weighted by atomic mass is 15.0. The Morgan fingerprint density at radius 2 is 2.15 bits per heavy atom. The summed E-state index contributed by atoms with van der Waals surface area (Å²) in [6.45, 7) is 5.25. The summed E-state index contributed by atoms with van der Waals surface area (Å²) in [7, 11) is 0. The highest BCUT2D eigenvalue weighted by Gasteiger charge is 1.96. The molecule has 3 heteroatoms. The molecule has 0 amide bonds. The van der Waals surface area contributed by atoms with Gasteiger partial charge in [0.05, 0.1) is 0 Å². The van der Waals surface area contributed by atoms with E-state index in [0.717, 1.165) is 37.4 Å². The smallest absolute Gasteiger partial charge is 0.130 e. The summed E-state index contributed by atoms with van der Waals surface area (Å²) in [4.78, 5) is 8.56. The molecule has 0 aromatic carbocycles. The van der Waals surface area contributed by atoms with Crippen molar-refractivity contribution in [2.75, 3.05) is 11.9 Å². The minimum absolute atomic E-state index is 0.934. The molecule has 1 aromatic heterocycles. The molecule has 0 saturated carbocycles. The van der Waals surface area contributed by atoms with E-state index in [9.17, 15) is 0 Å². The first-order chi connectivity index (χ1) is 6.36. The van der Waals surface area contributed by atoms with Crippen molar-refractivity contribution in [3.63, 3.8) is 0 Å². The van der Waals surface area contributed by atoms with Crippen LogP contribution in [-0.4, -0.2) is 16.5 Å². The lowest BCUT2D eigenvalue weighted by atomic mass is 10.3. The van der Waals surface area contributed by atoms with E-state index < -0.39 is 0 Å². The predicted octanol–water partition coefficient (Wildman–Crippen LogP) is 2.25. The number of nitrogens with one attached hydrogen (secondary N) is 1. The van der Waals surface area contributed by atoms with E-state index in [4.69, 9.17) is 0 Å². The van der Waals surface area contributed by atoms with Crippen LogP contribution in [0.25, 0.3) is 0 Å². The number of anilines is 1. The molecule has 0 radical (unpaired) electrons. The molecule has 3 nitrogen and oxygen atoms in total. The molecule has 1 aromatic rings. The molecule has 0 aliphatic carbocycles. The summed E-state index contributed by atoms with van der Waals surface area (Å²) in [5, 5.41) is 3.24. The Labute approximate surface area is 79.6 Å². The molecule has 0 aliphatic rings. The summed E-state index contributed by atoms with van der Waals surface area (Å²) in [5.74, 6) is 1.88. The fraction of sp³-hybridized carbons (Fsp3) is 0.600. The first-order valence-corrected chi connectivity index (χ1v) is 4.92. The number of hydrogen-bond donors (Lipinski definition) is 1. The van der Waals surface area contributed by atoms with Gasteiger partial charge in [0.15, 0.2) is 0 Å². The van der Waals surface area contributed by atoms with Crippen molar-refractivity contribution < 1.29 is 0 Å². The third kappa shape index (κ3) is 3.40.